The molecule has 1 amide bonds. The molecule has 0 saturated carbocycles. The van der Waals surface area contributed by atoms with Gasteiger partial charge in [-0.2, -0.15) is 0 Å². The van der Waals surface area contributed by atoms with Crippen LogP contribution in [0.15, 0.2) is 42.5 Å². The highest BCUT2D eigenvalue weighted by Gasteiger charge is 2.24. The molecule has 0 radical (unpaired) electrons. The molecule has 148 valence electrons. The standard InChI is InChI=1S/C22H26N2O3S/c25-13-12-23-8-10-24(11-9-23)21(26)16-28(27)15-19-6-3-5-18-14-17-4-1-2-7-20(17)22(18)19/h1-7,25H,8-16H2. The van der Waals surface area contributed by atoms with Crippen LogP contribution in [0.25, 0.3) is 11.1 Å². The van der Waals surface area contributed by atoms with Crippen molar-refractivity contribution in [2.24, 2.45) is 0 Å². The van der Waals surface area contributed by atoms with Crippen LogP contribution in [-0.2, 0) is 27.8 Å². The average Bonchev–Trinajstić information content (AvgIpc) is 3.08. The Balaban J connectivity index is 1.40. The Morgan fingerprint density at radius 1 is 1.00 bits per heavy atom. The van der Waals surface area contributed by atoms with E-state index < -0.39 is 10.8 Å². The van der Waals surface area contributed by atoms with Gasteiger partial charge in [0, 0.05) is 49.3 Å². The van der Waals surface area contributed by atoms with Crippen molar-refractivity contribution in [3.8, 4) is 11.1 Å². The molecule has 1 unspecified atom stereocenters. The molecule has 2 aromatic carbocycles. The van der Waals surface area contributed by atoms with Crippen molar-refractivity contribution in [3.63, 3.8) is 0 Å². The minimum Gasteiger partial charge on any atom is -0.395 e. The maximum atomic E-state index is 12.8. The van der Waals surface area contributed by atoms with Crippen LogP contribution >= 0.6 is 0 Å². The number of hydrogen-bond donors (Lipinski definition) is 1. The third kappa shape index (κ3) is 4.04. The van der Waals surface area contributed by atoms with Crippen LogP contribution in [0.3, 0.4) is 0 Å². The molecule has 6 heteroatoms. The lowest BCUT2D eigenvalue weighted by Crippen LogP contribution is -2.50. The van der Waals surface area contributed by atoms with Crippen molar-refractivity contribution in [2.45, 2.75) is 12.2 Å². The molecule has 5 nitrogen and oxygen atoms in total. The summed E-state index contributed by atoms with van der Waals surface area (Å²) in [4.78, 5) is 16.5. The first-order valence-corrected chi connectivity index (χ1v) is 11.3. The highest BCUT2D eigenvalue weighted by atomic mass is 32.2. The van der Waals surface area contributed by atoms with Crippen molar-refractivity contribution in [2.75, 3.05) is 45.1 Å². The van der Waals surface area contributed by atoms with Gasteiger partial charge in [-0.1, -0.05) is 42.5 Å². The summed E-state index contributed by atoms with van der Waals surface area (Å²) >= 11 is 0. The normalized spacial score (nSPS) is 17.2. The van der Waals surface area contributed by atoms with Crippen molar-refractivity contribution < 1.29 is 14.1 Å². The van der Waals surface area contributed by atoms with Crippen molar-refractivity contribution in [1.82, 2.24) is 9.80 Å². The molecule has 1 aliphatic carbocycles. The highest BCUT2D eigenvalue weighted by molar-refractivity contribution is 7.84. The second-order valence-corrected chi connectivity index (χ2v) is 8.92. The minimum absolute atomic E-state index is 0.0324. The zero-order valence-corrected chi connectivity index (χ0v) is 16.8. The van der Waals surface area contributed by atoms with E-state index in [-0.39, 0.29) is 18.3 Å². The van der Waals surface area contributed by atoms with Gasteiger partial charge in [0.1, 0.15) is 5.75 Å². The number of amides is 1. The number of rotatable bonds is 6. The van der Waals surface area contributed by atoms with Crippen LogP contribution < -0.4 is 0 Å². The number of fused-ring (bicyclic) bond motifs is 3. The van der Waals surface area contributed by atoms with E-state index in [1.807, 2.05) is 18.2 Å². The van der Waals surface area contributed by atoms with Crippen molar-refractivity contribution >= 4 is 16.7 Å². The molecule has 1 saturated heterocycles. The van der Waals surface area contributed by atoms with E-state index in [9.17, 15) is 9.00 Å². The summed E-state index contributed by atoms with van der Waals surface area (Å²) in [7, 11) is -1.23. The molecule has 1 heterocycles. The Kier molecular flexibility index (Phi) is 5.90. The van der Waals surface area contributed by atoms with Gasteiger partial charge in [0.15, 0.2) is 0 Å². The molecule has 2 aliphatic rings. The number of benzene rings is 2. The lowest BCUT2D eigenvalue weighted by atomic mass is 10.0. The first-order chi connectivity index (χ1) is 13.7. The molecule has 1 N–H and O–H groups in total. The van der Waals surface area contributed by atoms with Crippen LogP contribution in [0.2, 0.25) is 0 Å². The average molecular weight is 399 g/mol. The summed E-state index contributed by atoms with van der Waals surface area (Å²) in [5.74, 6) is 0.453. The Labute approximate surface area is 168 Å². The summed E-state index contributed by atoms with van der Waals surface area (Å²) in [6, 6.07) is 14.6. The summed E-state index contributed by atoms with van der Waals surface area (Å²) in [5, 5.41) is 9.02. The molecule has 1 fully saturated rings. The van der Waals surface area contributed by atoms with Gasteiger partial charge >= 0.3 is 0 Å². The lowest BCUT2D eigenvalue weighted by molar-refractivity contribution is -0.130. The Morgan fingerprint density at radius 3 is 2.54 bits per heavy atom. The van der Waals surface area contributed by atoms with E-state index >= 15 is 0 Å². The number of piperazine rings is 1. The summed E-state index contributed by atoms with van der Waals surface area (Å²) in [6.45, 7) is 3.61. The second kappa shape index (κ2) is 8.55. The van der Waals surface area contributed by atoms with Crippen LogP contribution in [-0.4, -0.2) is 70.1 Å². The van der Waals surface area contributed by atoms with Crippen LogP contribution in [0, 0.1) is 0 Å². The predicted octanol–water partition coefficient (Wildman–Crippen LogP) is 1.64. The van der Waals surface area contributed by atoms with E-state index in [1.165, 1.54) is 22.3 Å². The summed E-state index contributed by atoms with van der Waals surface area (Å²) in [5.41, 5.74) is 6.10. The van der Waals surface area contributed by atoms with E-state index in [2.05, 4.69) is 29.2 Å². The lowest BCUT2D eigenvalue weighted by Gasteiger charge is -2.34. The third-order valence-electron chi connectivity index (χ3n) is 5.65. The molecule has 0 bridgehead atoms. The Morgan fingerprint density at radius 2 is 1.75 bits per heavy atom. The van der Waals surface area contributed by atoms with Gasteiger partial charge in [0.05, 0.1) is 6.61 Å². The zero-order chi connectivity index (χ0) is 19.5. The number of carbonyl (C=O) groups is 1. The third-order valence-corrected chi connectivity index (χ3v) is 6.85. The maximum Gasteiger partial charge on any atom is 0.235 e. The fraction of sp³-hybridized carbons (Fsp3) is 0.409. The minimum atomic E-state index is -1.23. The van der Waals surface area contributed by atoms with Gasteiger partial charge in [0.2, 0.25) is 5.91 Å². The zero-order valence-electron chi connectivity index (χ0n) is 16.0. The number of aliphatic hydroxyl groups excluding tert-OH is 1. The molecule has 0 spiro atoms. The van der Waals surface area contributed by atoms with E-state index in [4.69, 9.17) is 5.11 Å². The van der Waals surface area contributed by atoms with Gasteiger partial charge in [-0.25, -0.2) is 0 Å². The van der Waals surface area contributed by atoms with Crippen LogP contribution in [0.4, 0.5) is 0 Å². The van der Waals surface area contributed by atoms with Gasteiger partial charge in [-0.3, -0.25) is 13.9 Å². The molecular weight excluding hydrogens is 372 g/mol. The first kappa shape index (κ1) is 19.3. The Bertz CT molecular complexity index is 891. The fourth-order valence-electron chi connectivity index (χ4n) is 4.21. The van der Waals surface area contributed by atoms with Crippen molar-refractivity contribution in [1.29, 1.82) is 0 Å². The number of nitrogens with zero attached hydrogens (tertiary/aromatic N) is 2. The smallest absolute Gasteiger partial charge is 0.235 e. The molecule has 2 aromatic rings. The highest BCUT2D eigenvalue weighted by Crippen LogP contribution is 2.39. The van der Waals surface area contributed by atoms with E-state index in [0.29, 0.717) is 25.4 Å². The fourth-order valence-corrected chi connectivity index (χ4v) is 5.35. The molecular formula is C22H26N2O3S. The molecule has 0 aromatic heterocycles. The SMILES string of the molecule is O=C(CS(=O)Cc1cccc2c1-c1ccccc1C2)N1CCN(CCO)CC1. The van der Waals surface area contributed by atoms with E-state index in [0.717, 1.165) is 25.1 Å². The second-order valence-electron chi connectivity index (χ2n) is 7.46. The van der Waals surface area contributed by atoms with Gasteiger partial charge in [-0.15, -0.1) is 0 Å². The van der Waals surface area contributed by atoms with Crippen molar-refractivity contribution in [3.05, 3.63) is 59.2 Å². The largest absolute Gasteiger partial charge is 0.395 e. The van der Waals surface area contributed by atoms with Gasteiger partial charge in [-0.05, 0) is 34.2 Å². The number of aliphatic hydroxyl groups is 1. The summed E-state index contributed by atoms with van der Waals surface area (Å²) < 4.78 is 12.8. The number of hydrogen-bond acceptors (Lipinski definition) is 4. The van der Waals surface area contributed by atoms with Crippen LogP contribution in [0.5, 0.6) is 0 Å². The van der Waals surface area contributed by atoms with Crippen LogP contribution in [0.1, 0.15) is 16.7 Å². The topological polar surface area (TPSA) is 60.9 Å². The predicted molar refractivity (Wildman–Crippen MR) is 112 cm³/mol. The summed E-state index contributed by atoms with van der Waals surface area (Å²) in [6.07, 6.45) is 0.920. The molecule has 4 rings (SSSR count). The Hall–Kier alpha value is -2.02. The molecule has 28 heavy (non-hydrogen) atoms. The first-order valence-electron chi connectivity index (χ1n) is 9.80. The van der Waals surface area contributed by atoms with E-state index in [1.54, 1.807) is 4.90 Å². The number of β-amino-alcohol motifs (C(OH)–C–C–N with tert-alkyl or cyclic N) is 1. The van der Waals surface area contributed by atoms with Gasteiger partial charge in [0.25, 0.3) is 0 Å². The maximum absolute atomic E-state index is 12.8. The molecule has 1 atom stereocenters. The quantitative estimate of drug-likeness (QED) is 0.686. The monoisotopic (exact) mass is 398 g/mol. The number of carbonyl (C=O) groups excluding carboxylic acids is 1. The van der Waals surface area contributed by atoms with Gasteiger partial charge < -0.3 is 10.0 Å². The molecule has 1 aliphatic heterocycles.